The van der Waals surface area contributed by atoms with E-state index in [1.807, 2.05) is 43.3 Å². The highest BCUT2D eigenvalue weighted by Crippen LogP contribution is 2.35. The van der Waals surface area contributed by atoms with Crippen molar-refractivity contribution in [3.63, 3.8) is 0 Å². The zero-order chi connectivity index (χ0) is 23.7. The lowest BCUT2D eigenvalue weighted by Gasteiger charge is -2.22. The van der Waals surface area contributed by atoms with Crippen molar-refractivity contribution in [3.05, 3.63) is 95.8 Å². The Balaban J connectivity index is 1.69. The second-order valence-electron chi connectivity index (χ2n) is 7.54. The first kappa shape index (κ1) is 21.9. The highest BCUT2D eigenvalue weighted by atomic mass is 32.1. The molecular weight excluding hydrogens is 456 g/mol. The van der Waals surface area contributed by atoms with E-state index in [-0.39, 0.29) is 23.1 Å². The third kappa shape index (κ3) is 4.08. The smallest absolute Gasteiger partial charge is 0.264 e. The predicted molar refractivity (Wildman–Crippen MR) is 129 cm³/mol. The zero-order valence-electron chi connectivity index (χ0n) is 18.2. The number of fused-ring (bicyclic) bond motifs is 2. The molecule has 0 fully saturated rings. The van der Waals surface area contributed by atoms with Gasteiger partial charge in [0.15, 0.2) is 10.9 Å². The molecule has 170 valence electrons. The van der Waals surface area contributed by atoms with Crippen LogP contribution < -0.4 is 9.64 Å². The molecule has 5 nitrogen and oxygen atoms in total. The van der Waals surface area contributed by atoms with Crippen molar-refractivity contribution in [1.29, 1.82) is 0 Å². The number of nitrogens with zero attached hydrogens (tertiary/aromatic N) is 3. The first-order valence-corrected chi connectivity index (χ1v) is 11.5. The minimum absolute atomic E-state index is 0.0168. The topological polar surface area (TPSA) is 55.3 Å². The summed E-state index contributed by atoms with van der Waals surface area (Å²) < 4.78 is 34.4. The summed E-state index contributed by atoms with van der Waals surface area (Å²) >= 11 is 1.05. The van der Waals surface area contributed by atoms with Gasteiger partial charge in [0, 0.05) is 12.3 Å². The minimum atomic E-state index is -0.775. The maximum atomic E-state index is 14.4. The van der Waals surface area contributed by atoms with Crippen LogP contribution in [0.15, 0.2) is 72.9 Å². The molecule has 0 atom stereocenters. The summed E-state index contributed by atoms with van der Waals surface area (Å²) in [5.74, 6) is -1.40. The Kier molecular flexibility index (Phi) is 5.90. The monoisotopic (exact) mass is 475 g/mol. The van der Waals surface area contributed by atoms with Gasteiger partial charge in [-0.15, -0.1) is 0 Å². The van der Waals surface area contributed by atoms with Crippen LogP contribution in [-0.4, -0.2) is 22.5 Å². The Labute approximate surface area is 198 Å². The van der Waals surface area contributed by atoms with E-state index in [1.165, 1.54) is 11.0 Å². The van der Waals surface area contributed by atoms with Crippen LogP contribution in [0.4, 0.5) is 13.9 Å². The normalized spacial score (nSPS) is 11.1. The van der Waals surface area contributed by atoms with Crippen molar-refractivity contribution in [2.75, 3.05) is 11.5 Å². The lowest BCUT2D eigenvalue weighted by molar-refractivity contribution is 0.0983. The first-order chi connectivity index (χ1) is 16.5. The summed E-state index contributed by atoms with van der Waals surface area (Å²) in [4.78, 5) is 24.3. The quantitative estimate of drug-likeness (QED) is 0.286. The van der Waals surface area contributed by atoms with Crippen LogP contribution in [0.25, 0.3) is 21.0 Å². The maximum absolute atomic E-state index is 14.4. The minimum Gasteiger partial charge on any atom is -0.493 e. The van der Waals surface area contributed by atoms with Gasteiger partial charge in [0.1, 0.15) is 17.1 Å². The highest BCUT2D eigenvalue weighted by Gasteiger charge is 2.27. The fraction of sp³-hybridized carbons (Fsp3) is 0.115. The molecule has 0 saturated heterocycles. The number of halogens is 2. The molecule has 1 amide bonds. The molecule has 34 heavy (non-hydrogen) atoms. The number of hydrogen-bond donors (Lipinski definition) is 0. The van der Waals surface area contributed by atoms with Crippen LogP contribution in [0.5, 0.6) is 5.75 Å². The number of ether oxygens (including phenoxy) is 1. The summed E-state index contributed by atoms with van der Waals surface area (Å²) in [6.45, 7) is 2.32. The molecule has 5 aromatic rings. The van der Waals surface area contributed by atoms with Crippen LogP contribution in [0.1, 0.15) is 23.0 Å². The molecule has 0 aliphatic carbocycles. The van der Waals surface area contributed by atoms with E-state index in [2.05, 4.69) is 9.97 Å². The molecule has 0 aliphatic heterocycles. The van der Waals surface area contributed by atoms with E-state index in [4.69, 9.17) is 4.74 Å². The van der Waals surface area contributed by atoms with Gasteiger partial charge in [-0.25, -0.2) is 13.8 Å². The molecule has 2 heterocycles. The third-order valence-corrected chi connectivity index (χ3v) is 6.35. The van der Waals surface area contributed by atoms with Crippen molar-refractivity contribution >= 4 is 43.4 Å². The first-order valence-electron chi connectivity index (χ1n) is 10.7. The number of carbonyl (C=O) groups excluding carboxylic acids is 1. The number of anilines is 1. The molecule has 0 aliphatic rings. The molecule has 0 unspecified atom stereocenters. The number of aromatic nitrogens is 2. The Morgan fingerprint density at radius 1 is 1.06 bits per heavy atom. The van der Waals surface area contributed by atoms with E-state index < -0.39 is 11.6 Å². The number of rotatable bonds is 6. The van der Waals surface area contributed by atoms with E-state index in [0.29, 0.717) is 28.3 Å². The number of benzene rings is 3. The summed E-state index contributed by atoms with van der Waals surface area (Å²) in [6.07, 6.45) is 1.63. The fourth-order valence-electron chi connectivity index (χ4n) is 3.82. The summed E-state index contributed by atoms with van der Waals surface area (Å²) in [5, 5.41) is 1.85. The van der Waals surface area contributed by atoms with Gasteiger partial charge in [-0.3, -0.25) is 14.7 Å². The van der Waals surface area contributed by atoms with Crippen LogP contribution in [-0.2, 0) is 6.54 Å². The molecule has 0 N–H and O–H groups in total. The predicted octanol–water partition coefficient (Wildman–Crippen LogP) is 6.37. The van der Waals surface area contributed by atoms with Gasteiger partial charge in [0.05, 0.1) is 29.1 Å². The van der Waals surface area contributed by atoms with Gasteiger partial charge < -0.3 is 4.74 Å². The zero-order valence-corrected chi connectivity index (χ0v) is 19.0. The van der Waals surface area contributed by atoms with Crippen LogP contribution in [0, 0.1) is 11.6 Å². The Hall–Kier alpha value is -3.91. The maximum Gasteiger partial charge on any atom is 0.264 e. The molecule has 5 rings (SSSR count). The van der Waals surface area contributed by atoms with Crippen LogP contribution in [0.2, 0.25) is 0 Å². The van der Waals surface area contributed by atoms with Gasteiger partial charge in [0.25, 0.3) is 5.91 Å². The summed E-state index contributed by atoms with van der Waals surface area (Å²) in [7, 11) is 0. The second kappa shape index (κ2) is 9.15. The summed E-state index contributed by atoms with van der Waals surface area (Å²) in [6, 6.07) is 18.6. The molecule has 2 aromatic heterocycles. The number of pyridine rings is 1. The molecular formula is C26H19F2N3O2S. The Morgan fingerprint density at radius 2 is 1.88 bits per heavy atom. The van der Waals surface area contributed by atoms with Crippen molar-refractivity contribution in [1.82, 2.24) is 9.97 Å². The van der Waals surface area contributed by atoms with Crippen LogP contribution >= 0.6 is 11.3 Å². The number of amides is 1. The van der Waals surface area contributed by atoms with E-state index in [9.17, 15) is 13.6 Å². The molecule has 0 spiro atoms. The lowest BCUT2D eigenvalue weighted by Crippen LogP contribution is -2.31. The average molecular weight is 476 g/mol. The number of thiazole rings is 1. The van der Waals surface area contributed by atoms with Crippen molar-refractivity contribution in [2.45, 2.75) is 13.5 Å². The van der Waals surface area contributed by atoms with Crippen LogP contribution in [0.3, 0.4) is 0 Å². The van der Waals surface area contributed by atoms with Crippen molar-refractivity contribution < 1.29 is 18.3 Å². The second-order valence-corrected chi connectivity index (χ2v) is 8.55. The van der Waals surface area contributed by atoms with Gasteiger partial charge in [0.2, 0.25) is 0 Å². The van der Waals surface area contributed by atoms with Gasteiger partial charge in [-0.2, -0.15) is 0 Å². The van der Waals surface area contributed by atoms with Gasteiger partial charge in [-0.1, -0.05) is 47.7 Å². The standard InChI is InChI=1S/C26H19F2N3O2S/c1-2-33-21-11-10-16-7-3-4-9-19(16)23(21)25(32)31(15-18-8-5-6-12-29-18)26-30-24-20(28)13-17(27)14-22(24)34-26/h3-14H,2,15H2,1H3. The largest absolute Gasteiger partial charge is 0.493 e. The average Bonchev–Trinajstić information content (AvgIpc) is 3.27. The van der Waals surface area contributed by atoms with Gasteiger partial charge in [-0.05, 0) is 42.0 Å². The Bertz CT molecular complexity index is 1500. The SMILES string of the molecule is CCOc1ccc2ccccc2c1C(=O)N(Cc1ccccn1)c1nc2c(F)cc(F)cc2s1. The number of carbonyl (C=O) groups is 1. The fourth-order valence-corrected chi connectivity index (χ4v) is 4.83. The Morgan fingerprint density at radius 3 is 2.68 bits per heavy atom. The van der Waals surface area contributed by atoms with E-state index in [0.717, 1.165) is 28.2 Å². The van der Waals surface area contributed by atoms with Crippen molar-refractivity contribution in [2.24, 2.45) is 0 Å². The van der Waals surface area contributed by atoms with E-state index >= 15 is 0 Å². The van der Waals surface area contributed by atoms with Crippen molar-refractivity contribution in [3.8, 4) is 5.75 Å². The van der Waals surface area contributed by atoms with E-state index in [1.54, 1.807) is 24.4 Å². The molecule has 3 aromatic carbocycles. The molecule has 0 saturated carbocycles. The highest BCUT2D eigenvalue weighted by molar-refractivity contribution is 7.22. The molecule has 0 bridgehead atoms. The van der Waals surface area contributed by atoms with Gasteiger partial charge >= 0.3 is 0 Å². The lowest BCUT2D eigenvalue weighted by atomic mass is 10.0. The third-order valence-electron chi connectivity index (χ3n) is 5.33. The number of hydrogen-bond acceptors (Lipinski definition) is 5. The molecule has 8 heteroatoms. The summed E-state index contributed by atoms with van der Waals surface area (Å²) in [5.41, 5.74) is 1.02. The molecule has 0 radical (unpaired) electrons.